The van der Waals surface area contributed by atoms with Gasteiger partial charge in [-0.3, -0.25) is 14.9 Å². The number of nitro benzene ring substituents is 1. The number of piperidine rings is 1. The zero-order valence-corrected chi connectivity index (χ0v) is 17.2. The lowest BCUT2D eigenvalue weighted by molar-refractivity contribution is -0.384. The Morgan fingerprint density at radius 1 is 1.38 bits per heavy atom. The summed E-state index contributed by atoms with van der Waals surface area (Å²) in [5.41, 5.74) is 0.000826. The number of hydrogen-bond acceptors (Lipinski definition) is 6. The zero-order valence-electron chi connectivity index (χ0n) is 17.2. The average molecular weight is 408 g/mol. The molecule has 10 heteroatoms. The summed E-state index contributed by atoms with van der Waals surface area (Å²) in [7, 11) is 1.39. The van der Waals surface area contributed by atoms with E-state index in [0.29, 0.717) is 25.9 Å². The normalized spacial score (nSPS) is 16.8. The van der Waals surface area contributed by atoms with E-state index < -0.39 is 16.9 Å². The van der Waals surface area contributed by atoms with Crippen LogP contribution in [0.25, 0.3) is 0 Å². The number of nitro groups is 1. The van der Waals surface area contributed by atoms with Gasteiger partial charge in [0.15, 0.2) is 5.69 Å². The highest BCUT2D eigenvalue weighted by Gasteiger charge is 2.29. The van der Waals surface area contributed by atoms with Gasteiger partial charge in [0.2, 0.25) is 0 Å². The van der Waals surface area contributed by atoms with Crippen LogP contribution in [0, 0.1) is 15.5 Å². The van der Waals surface area contributed by atoms with E-state index in [1.165, 1.54) is 24.1 Å². The predicted molar refractivity (Wildman–Crippen MR) is 108 cm³/mol. The number of benzene rings is 1. The summed E-state index contributed by atoms with van der Waals surface area (Å²) >= 11 is 0. The molecule has 0 bridgehead atoms. The van der Waals surface area contributed by atoms with Crippen LogP contribution < -0.4 is 15.4 Å². The molecular weight excluding hydrogens is 380 g/mol. The number of nitrogens with one attached hydrogen (secondary N) is 2. The molecule has 0 aliphatic carbocycles. The number of amides is 2. The molecule has 0 saturated carbocycles. The van der Waals surface area contributed by atoms with Gasteiger partial charge in [-0.1, -0.05) is 20.8 Å². The first kappa shape index (κ1) is 22.3. The van der Waals surface area contributed by atoms with E-state index in [4.69, 9.17) is 9.84 Å². The number of anilines is 1. The smallest absolute Gasteiger partial charge is 0.404 e. The largest absolute Gasteiger partial charge is 0.494 e. The molecule has 2 rings (SSSR count). The summed E-state index contributed by atoms with van der Waals surface area (Å²) in [6.07, 6.45) is 0.131. The van der Waals surface area contributed by atoms with Gasteiger partial charge in [-0.2, -0.15) is 0 Å². The standard InChI is InChI=1S/C19H28N4O6/c1-19(2,3)11-20-16-14(23(27)28)8-12(9-15(16)29-4)17(24)22-7-5-6-13(10-22)21-18(25)26/h8-9,13,20-21H,5-7,10-11H2,1-4H3,(H,25,26). The highest BCUT2D eigenvalue weighted by atomic mass is 16.6. The van der Waals surface area contributed by atoms with E-state index in [1.54, 1.807) is 0 Å². The number of ether oxygens (including phenoxy) is 1. The minimum atomic E-state index is -1.14. The van der Waals surface area contributed by atoms with Crippen molar-refractivity contribution in [2.24, 2.45) is 5.41 Å². The molecule has 3 N–H and O–H groups in total. The Kier molecular flexibility index (Phi) is 6.89. The van der Waals surface area contributed by atoms with Crippen molar-refractivity contribution in [1.29, 1.82) is 0 Å². The van der Waals surface area contributed by atoms with Crippen LogP contribution in [0.15, 0.2) is 12.1 Å². The summed E-state index contributed by atoms with van der Waals surface area (Å²) in [4.78, 5) is 36.4. The van der Waals surface area contributed by atoms with Crippen molar-refractivity contribution in [2.45, 2.75) is 39.7 Å². The predicted octanol–water partition coefficient (Wildman–Crippen LogP) is 2.93. The van der Waals surface area contributed by atoms with E-state index in [0.717, 1.165) is 0 Å². The fraction of sp³-hybridized carbons (Fsp3) is 0.579. The Bertz CT molecular complexity index is 790. The lowest BCUT2D eigenvalue weighted by Crippen LogP contribution is -2.49. The molecule has 1 atom stereocenters. The number of carbonyl (C=O) groups excluding carboxylic acids is 1. The second-order valence-corrected chi connectivity index (χ2v) is 8.28. The van der Waals surface area contributed by atoms with Crippen LogP contribution >= 0.6 is 0 Å². The van der Waals surface area contributed by atoms with Crippen LogP contribution in [0.5, 0.6) is 5.75 Å². The molecule has 0 spiro atoms. The number of nitrogens with zero attached hydrogens (tertiary/aromatic N) is 2. The van der Waals surface area contributed by atoms with E-state index in [2.05, 4.69) is 10.6 Å². The SMILES string of the molecule is COc1cc(C(=O)N2CCCC(NC(=O)O)C2)cc([N+](=O)[O-])c1NCC(C)(C)C. The molecule has 10 nitrogen and oxygen atoms in total. The van der Waals surface area contributed by atoms with Crippen molar-refractivity contribution >= 4 is 23.4 Å². The van der Waals surface area contributed by atoms with Crippen molar-refractivity contribution in [3.05, 3.63) is 27.8 Å². The molecule has 2 amide bonds. The third-order valence-electron chi connectivity index (χ3n) is 4.58. The van der Waals surface area contributed by atoms with Gasteiger partial charge < -0.3 is 25.4 Å². The van der Waals surface area contributed by atoms with Crippen molar-refractivity contribution < 1.29 is 24.4 Å². The number of methoxy groups -OCH3 is 1. The number of likely N-dealkylation sites (tertiary alicyclic amines) is 1. The Hall–Kier alpha value is -3.04. The summed E-state index contributed by atoms with van der Waals surface area (Å²) < 4.78 is 5.33. The Labute approximate surface area is 169 Å². The molecule has 1 aliphatic rings. The highest BCUT2D eigenvalue weighted by molar-refractivity contribution is 5.97. The van der Waals surface area contributed by atoms with Gasteiger partial charge in [0.05, 0.1) is 17.6 Å². The second kappa shape index (κ2) is 8.97. The first-order valence-corrected chi connectivity index (χ1v) is 9.41. The molecule has 1 aromatic carbocycles. The van der Waals surface area contributed by atoms with Crippen LogP contribution in [-0.2, 0) is 0 Å². The first-order chi connectivity index (χ1) is 13.5. The highest BCUT2D eigenvalue weighted by Crippen LogP contribution is 2.37. The fourth-order valence-corrected chi connectivity index (χ4v) is 3.20. The molecule has 1 saturated heterocycles. The molecule has 0 radical (unpaired) electrons. The Morgan fingerprint density at radius 2 is 2.07 bits per heavy atom. The summed E-state index contributed by atoms with van der Waals surface area (Å²) in [5, 5.41) is 26.0. The number of hydrogen-bond donors (Lipinski definition) is 3. The monoisotopic (exact) mass is 408 g/mol. The van der Waals surface area contributed by atoms with Crippen LogP contribution in [0.2, 0.25) is 0 Å². The minimum Gasteiger partial charge on any atom is -0.494 e. The molecule has 1 unspecified atom stereocenters. The molecule has 1 fully saturated rings. The van der Waals surface area contributed by atoms with Gasteiger partial charge in [-0.25, -0.2) is 4.79 Å². The van der Waals surface area contributed by atoms with E-state index in [9.17, 15) is 19.7 Å². The van der Waals surface area contributed by atoms with Gasteiger partial charge >= 0.3 is 6.09 Å². The van der Waals surface area contributed by atoms with Crippen LogP contribution in [0.3, 0.4) is 0 Å². The fourth-order valence-electron chi connectivity index (χ4n) is 3.20. The molecule has 29 heavy (non-hydrogen) atoms. The maximum absolute atomic E-state index is 13.0. The third-order valence-corrected chi connectivity index (χ3v) is 4.58. The van der Waals surface area contributed by atoms with Crippen LogP contribution in [-0.4, -0.2) is 59.7 Å². The van der Waals surface area contributed by atoms with E-state index in [-0.39, 0.29) is 40.7 Å². The van der Waals surface area contributed by atoms with Crippen molar-refractivity contribution in [3.8, 4) is 5.75 Å². The summed E-state index contributed by atoms with van der Waals surface area (Å²) in [6, 6.07) is 2.35. The van der Waals surface area contributed by atoms with E-state index >= 15 is 0 Å². The molecular formula is C19H28N4O6. The topological polar surface area (TPSA) is 134 Å². The van der Waals surface area contributed by atoms with Gasteiger partial charge in [-0.15, -0.1) is 0 Å². The van der Waals surface area contributed by atoms with E-state index in [1.807, 2.05) is 20.8 Å². The maximum atomic E-state index is 13.0. The van der Waals surface area contributed by atoms with Gasteiger partial charge in [0, 0.05) is 31.7 Å². The zero-order chi connectivity index (χ0) is 21.8. The summed E-state index contributed by atoms with van der Waals surface area (Å²) in [5.74, 6) is -0.185. The van der Waals surface area contributed by atoms with Crippen LogP contribution in [0.4, 0.5) is 16.2 Å². The third kappa shape index (κ3) is 5.97. The van der Waals surface area contributed by atoms with Gasteiger partial charge in [-0.05, 0) is 24.3 Å². The van der Waals surface area contributed by atoms with Crippen LogP contribution in [0.1, 0.15) is 44.0 Å². The Morgan fingerprint density at radius 3 is 2.62 bits per heavy atom. The lowest BCUT2D eigenvalue weighted by atomic mass is 9.96. The first-order valence-electron chi connectivity index (χ1n) is 9.41. The second-order valence-electron chi connectivity index (χ2n) is 8.28. The maximum Gasteiger partial charge on any atom is 0.404 e. The van der Waals surface area contributed by atoms with Crippen molar-refractivity contribution in [1.82, 2.24) is 10.2 Å². The molecule has 1 aliphatic heterocycles. The molecule has 0 aromatic heterocycles. The van der Waals surface area contributed by atoms with Gasteiger partial charge in [0.25, 0.3) is 11.6 Å². The minimum absolute atomic E-state index is 0.118. The molecule has 160 valence electrons. The van der Waals surface area contributed by atoms with Crippen molar-refractivity contribution in [2.75, 3.05) is 32.1 Å². The number of rotatable bonds is 6. The number of carbonyl (C=O) groups is 2. The molecule has 1 heterocycles. The molecule has 1 aromatic rings. The lowest BCUT2D eigenvalue weighted by Gasteiger charge is -2.32. The summed E-state index contributed by atoms with van der Waals surface area (Å²) in [6.45, 7) is 7.13. The van der Waals surface area contributed by atoms with Crippen molar-refractivity contribution in [3.63, 3.8) is 0 Å². The number of carboxylic acid groups (broad SMARTS) is 1. The quantitative estimate of drug-likeness (QED) is 0.486. The van der Waals surface area contributed by atoms with Gasteiger partial charge in [0.1, 0.15) is 5.75 Å². The Balaban J connectivity index is 2.32. The average Bonchev–Trinajstić information content (AvgIpc) is 2.64.